The predicted octanol–water partition coefficient (Wildman–Crippen LogP) is 2.58. The van der Waals surface area contributed by atoms with E-state index in [9.17, 15) is 0 Å². The highest BCUT2D eigenvalue weighted by Crippen LogP contribution is 2.37. The number of ether oxygens (including phenoxy) is 2. The summed E-state index contributed by atoms with van der Waals surface area (Å²) >= 11 is 6.26. The number of nitrogens with one attached hydrogen (secondary N) is 1. The van der Waals surface area contributed by atoms with Crippen LogP contribution < -0.4 is 10.1 Å². The molecule has 2 rings (SSSR count). The largest absolute Gasteiger partial charge is 0.496 e. The first-order valence-corrected chi connectivity index (χ1v) is 5.69. The second kappa shape index (κ2) is 4.62. The van der Waals surface area contributed by atoms with Gasteiger partial charge in [0.25, 0.3) is 0 Å². The van der Waals surface area contributed by atoms with E-state index >= 15 is 0 Å². The van der Waals surface area contributed by atoms with Gasteiger partial charge in [0.15, 0.2) is 0 Å². The van der Waals surface area contributed by atoms with Gasteiger partial charge in [-0.1, -0.05) is 11.6 Å². The molecule has 1 unspecified atom stereocenters. The summed E-state index contributed by atoms with van der Waals surface area (Å²) < 4.78 is 11.0. The fourth-order valence-electron chi connectivity index (χ4n) is 2.10. The normalized spacial score (nSPS) is 20.1. The van der Waals surface area contributed by atoms with Crippen molar-refractivity contribution in [2.75, 3.05) is 20.4 Å². The van der Waals surface area contributed by atoms with Gasteiger partial charge in [-0.05, 0) is 31.0 Å². The van der Waals surface area contributed by atoms with E-state index in [0.29, 0.717) is 6.73 Å². The Morgan fingerprint density at radius 2 is 2.25 bits per heavy atom. The van der Waals surface area contributed by atoms with Gasteiger partial charge in [-0.3, -0.25) is 5.32 Å². The van der Waals surface area contributed by atoms with Crippen molar-refractivity contribution in [1.82, 2.24) is 5.32 Å². The topological polar surface area (TPSA) is 30.5 Å². The van der Waals surface area contributed by atoms with Gasteiger partial charge in [0.1, 0.15) is 11.9 Å². The Balaban J connectivity index is 2.52. The third-order valence-electron chi connectivity index (χ3n) is 2.95. The molecule has 1 saturated heterocycles. The molecule has 0 amide bonds. The lowest BCUT2D eigenvalue weighted by atomic mass is 9.99. The monoisotopic (exact) mass is 241 g/mol. The maximum absolute atomic E-state index is 6.26. The zero-order valence-electron chi connectivity index (χ0n) is 9.76. The van der Waals surface area contributed by atoms with E-state index in [-0.39, 0.29) is 6.10 Å². The number of rotatable bonds is 2. The molecule has 0 spiro atoms. The number of aryl methyl sites for hydroxylation is 1. The van der Waals surface area contributed by atoms with Crippen LogP contribution in [0.15, 0.2) is 6.07 Å². The first-order valence-electron chi connectivity index (χ1n) is 5.31. The summed E-state index contributed by atoms with van der Waals surface area (Å²) in [5.41, 5.74) is 3.14. The van der Waals surface area contributed by atoms with Crippen molar-refractivity contribution >= 4 is 11.6 Å². The molecule has 1 aromatic carbocycles. The van der Waals surface area contributed by atoms with Crippen molar-refractivity contribution < 1.29 is 9.47 Å². The first-order chi connectivity index (χ1) is 7.65. The lowest BCUT2D eigenvalue weighted by molar-refractivity contribution is 0.111. The number of benzene rings is 1. The molecule has 0 saturated carbocycles. The van der Waals surface area contributed by atoms with Gasteiger partial charge in [0, 0.05) is 17.1 Å². The first kappa shape index (κ1) is 11.7. The summed E-state index contributed by atoms with van der Waals surface area (Å²) in [5, 5.41) is 3.96. The molecule has 88 valence electrons. The van der Waals surface area contributed by atoms with Gasteiger partial charge in [-0.25, -0.2) is 0 Å². The lowest BCUT2D eigenvalue weighted by Gasteiger charge is -2.18. The van der Waals surface area contributed by atoms with Crippen molar-refractivity contribution in [3.05, 3.63) is 27.8 Å². The second-order valence-corrected chi connectivity index (χ2v) is 4.38. The number of halogens is 1. The summed E-state index contributed by atoms with van der Waals surface area (Å²) in [6, 6.07) is 1.96. The molecule has 0 bridgehead atoms. The van der Waals surface area contributed by atoms with E-state index < -0.39 is 0 Å². The number of hydrogen-bond acceptors (Lipinski definition) is 3. The molecule has 0 aromatic heterocycles. The van der Waals surface area contributed by atoms with E-state index in [1.54, 1.807) is 7.11 Å². The van der Waals surface area contributed by atoms with Crippen LogP contribution in [0.25, 0.3) is 0 Å². The average Bonchev–Trinajstić information content (AvgIpc) is 2.78. The maximum Gasteiger partial charge on any atom is 0.125 e. The Bertz CT molecular complexity index is 400. The van der Waals surface area contributed by atoms with Gasteiger partial charge < -0.3 is 9.47 Å². The quantitative estimate of drug-likeness (QED) is 0.864. The molecule has 4 heteroatoms. The molecule has 1 atom stereocenters. The van der Waals surface area contributed by atoms with Crippen LogP contribution in [0.3, 0.4) is 0 Å². The number of hydrogen-bond donors (Lipinski definition) is 1. The third kappa shape index (κ3) is 1.90. The van der Waals surface area contributed by atoms with E-state index in [1.807, 2.05) is 19.9 Å². The molecule has 1 heterocycles. The Hall–Kier alpha value is -0.770. The molecular formula is C12H16ClNO2. The van der Waals surface area contributed by atoms with Crippen LogP contribution in [0.2, 0.25) is 5.02 Å². The van der Waals surface area contributed by atoms with E-state index in [0.717, 1.165) is 34.0 Å². The Labute approximate surface area is 101 Å². The minimum absolute atomic E-state index is 0.0352. The van der Waals surface area contributed by atoms with Crippen molar-refractivity contribution in [2.24, 2.45) is 0 Å². The Kier molecular flexibility index (Phi) is 3.38. The Morgan fingerprint density at radius 1 is 1.50 bits per heavy atom. The van der Waals surface area contributed by atoms with Crippen molar-refractivity contribution in [3.8, 4) is 5.75 Å². The molecule has 0 radical (unpaired) electrons. The standard InChI is InChI=1S/C12H16ClNO2/c1-7-4-9(15-3)11(8(2)12(7)13)10-5-14-6-16-10/h4,10,14H,5-6H2,1-3H3. The SMILES string of the molecule is COc1cc(C)c(Cl)c(C)c1C1CNCO1. The zero-order valence-corrected chi connectivity index (χ0v) is 10.5. The molecule has 1 N–H and O–H groups in total. The second-order valence-electron chi connectivity index (χ2n) is 4.00. The summed E-state index contributed by atoms with van der Waals surface area (Å²) in [6.45, 7) is 5.37. The van der Waals surface area contributed by atoms with E-state index in [1.165, 1.54) is 0 Å². The van der Waals surface area contributed by atoms with Crippen molar-refractivity contribution in [2.45, 2.75) is 20.0 Å². The minimum Gasteiger partial charge on any atom is -0.496 e. The number of methoxy groups -OCH3 is 1. The van der Waals surface area contributed by atoms with E-state index in [4.69, 9.17) is 21.1 Å². The van der Waals surface area contributed by atoms with Gasteiger partial charge >= 0.3 is 0 Å². The van der Waals surface area contributed by atoms with Gasteiger partial charge in [0.2, 0.25) is 0 Å². The average molecular weight is 242 g/mol. The molecule has 16 heavy (non-hydrogen) atoms. The van der Waals surface area contributed by atoms with Crippen LogP contribution >= 0.6 is 11.6 Å². The summed E-state index contributed by atoms with van der Waals surface area (Å²) in [7, 11) is 1.67. The molecule has 1 aliphatic heterocycles. The van der Waals surface area contributed by atoms with E-state index in [2.05, 4.69) is 5.32 Å². The summed E-state index contributed by atoms with van der Waals surface area (Å²) in [6.07, 6.45) is 0.0352. The van der Waals surface area contributed by atoms with Crippen LogP contribution in [0.1, 0.15) is 22.8 Å². The molecule has 1 aliphatic rings. The van der Waals surface area contributed by atoms with Crippen LogP contribution in [0.4, 0.5) is 0 Å². The molecule has 3 nitrogen and oxygen atoms in total. The lowest BCUT2D eigenvalue weighted by Crippen LogP contribution is -2.10. The highest BCUT2D eigenvalue weighted by Gasteiger charge is 2.24. The fourth-order valence-corrected chi connectivity index (χ4v) is 2.26. The van der Waals surface area contributed by atoms with Crippen molar-refractivity contribution in [1.29, 1.82) is 0 Å². The molecule has 0 aliphatic carbocycles. The van der Waals surface area contributed by atoms with Crippen LogP contribution in [0, 0.1) is 13.8 Å². The van der Waals surface area contributed by atoms with Crippen LogP contribution in [0.5, 0.6) is 5.75 Å². The molecule has 1 fully saturated rings. The highest BCUT2D eigenvalue weighted by molar-refractivity contribution is 6.32. The Morgan fingerprint density at radius 3 is 2.81 bits per heavy atom. The summed E-state index contributed by atoms with van der Waals surface area (Å²) in [5.74, 6) is 0.855. The smallest absolute Gasteiger partial charge is 0.125 e. The zero-order chi connectivity index (χ0) is 11.7. The molecule has 1 aromatic rings. The van der Waals surface area contributed by atoms with Crippen LogP contribution in [-0.2, 0) is 4.74 Å². The minimum atomic E-state index is 0.0352. The van der Waals surface area contributed by atoms with Crippen LogP contribution in [-0.4, -0.2) is 20.4 Å². The van der Waals surface area contributed by atoms with Crippen molar-refractivity contribution in [3.63, 3.8) is 0 Å². The summed E-state index contributed by atoms with van der Waals surface area (Å²) in [4.78, 5) is 0. The fraction of sp³-hybridized carbons (Fsp3) is 0.500. The van der Waals surface area contributed by atoms with Gasteiger partial charge in [-0.15, -0.1) is 0 Å². The third-order valence-corrected chi connectivity index (χ3v) is 3.53. The molecular weight excluding hydrogens is 226 g/mol. The predicted molar refractivity (Wildman–Crippen MR) is 64.2 cm³/mol. The van der Waals surface area contributed by atoms with Gasteiger partial charge in [-0.2, -0.15) is 0 Å². The highest BCUT2D eigenvalue weighted by atomic mass is 35.5. The maximum atomic E-state index is 6.26. The van der Waals surface area contributed by atoms with Gasteiger partial charge in [0.05, 0.1) is 13.8 Å².